The third kappa shape index (κ3) is 4.22. The quantitative estimate of drug-likeness (QED) is 0.671. The molecule has 2 aliphatic rings. The predicted octanol–water partition coefficient (Wildman–Crippen LogP) is 3.06. The lowest BCUT2D eigenvalue weighted by atomic mass is 9.87. The number of hydrogen-bond donors (Lipinski definition) is 3. The Labute approximate surface area is 173 Å². The standard InChI is InChI=1S/C22H25NO5S/c1-12-10-16-19(29-12)9-4-14(20(16)24)11-23-17-7-8-18(21(17)25)28-15-5-2-13(3-6-15)22(26)27/h2-3,5-6,10,14,17-18,21,23,25H,4,7-9,11H2,1H3,(H,26,27). The number of ketones is 1. The second-order valence-electron chi connectivity index (χ2n) is 7.86. The number of aromatic carboxylic acids is 1. The Balaban J connectivity index is 1.31. The zero-order valence-corrected chi connectivity index (χ0v) is 17.1. The summed E-state index contributed by atoms with van der Waals surface area (Å²) >= 11 is 1.71. The van der Waals surface area contributed by atoms with Crippen LogP contribution in [0.25, 0.3) is 0 Å². The van der Waals surface area contributed by atoms with Gasteiger partial charge in [-0.2, -0.15) is 0 Å². The van der Waals surface area contributed by atoms with Gasteiger partial charge in [0.2, 0.25) is 0 Å². The van der Waals surface area contributed by atoms with E-state index in [0.29, 0.717) is 18.7 Å². The van der Waals surface area contributed by atoms with E-state index in [1.807, 2.05) is 13.0 Å². The third-order valence-corrected chi connectivity index (χ3v) is 6.97. The van der Waals surface area contributed by atoms with Crippen molar-refractivity contribution in [3.63, 3.8) is 0 Å². The van der Waals surface area contributed by atoms with Gasteiger partial charge in [0.25, 0.3) is 0 Å². The molecule has 29 heavy (non-hydrogen) atoms. The minimum atomic E-state index is -0.983. The molecule has 1 aromatic heterocycles. The summed E-state index contributed by atoms with van der Waals surface area (Å²) in [6.07, 6.45) is 2.23. The number of aliphatic hydroxyl groups excluding tert-OH is 1. The highest BCUT2D eigenvalue weighted by Crippen LogP contribution is 2.32. The van der Waals surface area contributed by atoms with Crippen molar-refractivity contribution in [3.8, 4) is 5.75 Å². The summed E-state index contributed by atoms with van der Waals surface area (Å²) in [5.74, 6) is -0.277. The molecule has 1 saturated carbocycles. The number of Topliss-reactive ketones (excluding diaryl/α,β-unsaturated/α-hetero) is 1. The smallest absolute Gasteiger partial charge is 0.335 e. The first-order valence-corrected chi connectivity index (χ1v) is 10.8. The predicted molar refractivity (Wildman–Crippen MR) is 110 cm³/mol. The van der Waals surface area contributed by atoms with Crippen molar-refractivity contribution >= 4 is 23.1 Å². The number of carbonyl (C=O) groups is 2. The van der Waals surface area contributed by atoms with E-state index in [4.69, 9.17) is 9.84 Å². The van der Waals surface area contributed by atoms with Crippen molar-refractivity contribution in [2.45, 2.75) is 50.9 Å². The van der Waals surface area contributed by atoms with Gasteiger partial charge in [-0.15, -0.1) is 11.3 Å². The fourth-order valence-electron chi connectivity index (χ4n) is 4.25. The van der Waals surface area contributed by atoms with Crippen LogP contribution >= 0.6 is 11.3 Å². The molecule has 6 nitrogen and oxygen atoms in total. The molecule has 0 aliphatic heterocycles. The molecule has 0 spiro atoms. The zero-order chi connectivity index (χ0) is 20.5. The molecule has 0 radical (unpaired) electrons. The fourth-order valence-corrected chi connectivity index (χ4v) is 5.30. The van der Waals surface area contributed by atoms with E-state index in [1.54, 1.807) is 23.5 Å². The first kappa shape index (κ1) is 20.1. The lowest BCUT2D eigenvalue weighted by molar-refractivity contribution is 0.0441. The number of aliphatic hydroxyl groups is 1. The Hall–Kier alpha value is -2.22. The summed E-state index contributed by atoms with van der Waals surface area (Å²) in [5.41, 5.74) is 1.08. The molecule has 0 bridgehead atoms. The number of nitrogens with one attached hydrogen (secondary N) is 1. The van der Waals surface area contributed by atoms with E-state index >= 15 is 0 Å². The summed E-state index contributed by atoms with van der Waals surface area (Å²) in [7, 11) is 0. The Kier molecular flexibility index (Phi) is 5.72. The van der Waals surface area contributed by atoms with Crippen molar-refractivity contribution < 1.29 is 24.5 Å². The lowest BCUT2D eigenvalue weighted by Gasteiger charge is -2.25. The topological polar surface area (TPSA) is 95.9 Å². The largest absolute Gasteiger partial charge is 0.488 e. The van der Waals surface area contributed by atoms with E-state index in [0.717, 1.165) is 24.8 Å². The highest BCUT2D eigenvalue weighted by atomic mass is 32.1. The zero-order valence-electron chi connectivity index (χ0n) is 16.3. The number of benzene rings is 1. The van der Waals surface area contributed by atoms with Crippen molar-refractivity contribution in [2.24, 2.45) is 5.92 Å². The molecule has 0 amide bonds. The summed E-state index contributed by atoms with van der Waals surface area (Å²) in [6.45, 7) is 2.60. The molecule has 7 heteroatoms. The van der Waals surface area contributed by atoms with Crippen LogP contribution in [0, 0.1) is 12.8 Å². The Morgan fingerprint density at radius 2 is 2.00 bits per heavy atom. The van der Waals surface area contributed by atoms with Crippen LogP contribution in [-0.4, -0.2) is 46.8 Å². The lowest BCUT2D eigenvalue weighted by Crippen LogP contribution is -2.44. The minimum absolute atomic E-state index is 0.0489. The van der Waals surface area contributed by atoms with Gasteiger partial charge in [0.15, 0.2) is 5.78 Å². The van der Waals surface area contributed by atoms with Crippen molar-refractivity contribution in [1.29, 1.82) is 0 Å². The van der Waals surface area contributed by atoms with Gasteiger partial charge in [-0.25, -0.2) is 4.79 Å². The van der Waals surface area contributed by atoms with Crippen LogP contribution in [-0.2, 0) is 6.42 Å². The number of fused-ring (bicyclic) bond motifs is 1. The number of thiophene rings is 1. The van der Waals surface area contributed by atoms with Crippen molar-refractivity contribution in [1.82, 2.24) is 5.32 Å². The summed E-state index contributed by atoms with van der Waals surface area (Å²) in [4.78, 5) is 26.1. The number of carboxylic acid groups (broad SMARTS) is 1. The van der Waals surface area contributed by atoms with Crippen LogP contribution < -0.4 is 10.1 Å². The SMILES string of the molecule is Cc1cc2c(s1)CCC(CNC1CCC(Oc3ccc(C(=O)O)cc3)C1O)C2=O. The third-order valence-electron chi connectivity index (χ3n) is 5.86. The molecule has 0 saturated heterocycles. The summed E-state index contributed by atoms with van der Waals surface area (Å²) in [6, 6.07) is 8.08. The highest BCUT2D eigenvalue weighted by molar-refractivity contribution is 7.12. The van der Waals surface area contributed by atoms with Gasteiger partial charge in [-0.1, -0.05) is 0 Å². The maximum Gasteiger partial charge on any atom is 0.335 e. The normalized spacial score (nSPS) is 26.3. The van der Waals surface area contributed by atoms with E-state index < -0.39 is 12.1 Å². The summed E-state index contributed by atoms with van der Waals surface area (Å²) < 4.78 is 5.87. The van der Waals surface area contributed by atoms with Gasteiger partial charge < -0.3 is 20.3 Å². The molecular weight excluding hydrogens is 390 g/mol. The maximum absolute atomic E-state index is 12.7. The van der Waals surface area contributed by atoms with Crippen molar-refractivity contribution in [2.75, 3.05) is 6.54 Å². The minimum Gasteiger partial charge on any atom is -0.488 e. The number of hydrogen-bond acceptors (Lipinski definition) is 6. The maximum atomic E-state index is 12.7. The van der Waals surface area contributed by atoms with Crippen LogP contribution in [0.1, 0.15) is 49.7 Å². The van der Waals surface area contributed by atoms with E-state index in [-0.39, 0.29) is 29.4 Å². The number of ether oxygens (including phenoxy) is 1. The van der Waals surface area contributed by atoms with Crippen LogP contribution in [0.5, 0.6) is 5.75 Å². The molecule has 1 fully saturated rings. The van der Waals surface area contributed by atoms with Gasteiger partial charge >= 0.3 is 5.97 Å². The number of carbonyl (C=O) groups excluding carboxylic acids is 1. The molecule has 2 aromatic rings. The first-order valence-electron chi connectivity index (χ1n) is 9.97. The van der Waals surface area contributed by atoms with E-state index in [2.05, 4.69) is 5.32 Å². The first-order chi connectivity index (χ1) is 13.9. The van der Waals surface area contributed by atoms with Gasteiger partial charge in [0, 0.05) is 33.8 Å². The molecule has 4 unspecified atom stereocenters. The van der Waals surface area contributed by atoms with Crippen LogP contribution in [0.3, 0.4) is 0 Å². The number of aryl methyl sites for hydroxylation is 2. The summed E-state index contributed by atoms with van der Waals surface area (Å²) in [5, 5.41) is 23.0. The van der Waals surface area contributed by atoms with E-state index in [9.17, 15) is 14.7 Å². The van der Waals surface area contributed by atoms with E-state index in [1.165, 1.54) is 21.9 Å². The Morgan fingerprint density at radius 3 is 2.72 bits per heavy atom. The van der Waals surface area contributed by atoms with Crippen LogP contribution in [0.15, 0.2) is 30.3 Å². The molecule has 1 aromatic carbocycles. The van der Waals surface area contributed by atoms with Crippen molar-refractivity contribution in [3.05, 3.63) is 51.2 Å². The van der Waals surface area contributed by atoms with Gasteiger partial charge in [0.1, 0.15) is 18.0 Å². The molecule has 2 aliphatic carbocycles. The molecule has 154 valence electrons. The van der Waals surface area contributed by atoms with Gasteiger partial charge in [-0.3, -0.25) is 4.79 Å². The molecule has 4 atom stereocenters. The average molecular weight is 416 g/mol. The molecular formula is C22H25NO5S. The fraction of sp³-hybridized carbons (Fsp3) is 0.455. The number of rotatable bonds is 6. The highest BCUT2D eigenvalue weighted by Gasteiger charge is 2.37. The molecule has 1 heterocycles. The second-order valence-corrected chi connectivity index (χ2v) is 9.20. The van der Waals surface area contributed by atoms with Gasteiger partial charge in [-0.05, 0) is 62.9 Å². The average Bonchev–Trinajstić information content (AvgIpc) is 3.25. The van der Waals surface area contributed by atoms with Crippen LogP contribution in [0.2, 0.25) is 0 Å². The second kappa shape index (κ2) is 8.26. The van der Waals surface area contributed by atoms with Crippen LogP contribution in [0.4, 0.5) is 0 Å². The Bertz CT molecular complexity index is 906. The monoisotopic (exact) mass is 415 g/mol. The molecule has 3 N–H and O–H groups in total. The Morgan fingerprint density at radius 1 is 1.24 bits per heavy atom. The number of carboxylic acids is 1. The molecule has 4 rings (SSSR count). The van der Waals surface area contributed by atoms with Gasteiger partial charge in [0.05, 0.1) is 5.56 Å².